The van der Waals surface area contributed by atoms with Crippen LogP contribution in [0.25, 0.3) is 0 Å². The summed E-state index contributed by atoms with van der Waals surface area (Å²) >= 11 is 0. The van der Waals surface area contributed by atoms with Gasteiger partial charge in [0.05, 0.1) is 12.1 Å². The van der Waals surface area contributed by atoms with E-state index in [-0.39, 0.29) is 18.1 Å². The van der Waals surface area contributed by atoms with E-state index in [0.29, 0.717) is 12.5 Å². The fraction of sp³-hybridized carbons (Fsp3) is 0.929. The zero-order valence-corrected chi connectivity index (χ0v) is 11.6. The van der Waals surface area contributed by atoms with Crippen molar-refractivity contribution in [3.8, 4) is 0 Å². The molecule has 2 aliphatic rings. The highest BCUT2D eigenvalue weighted by Gasteiger charge is 2.31. The molecule has 1 aliphatic carbocycles. The van der Waals surface area contributed by atoms with Crippen LogP contribution in [0.4, 0.5) is 0 Å². The zero-order chi connectivity index (χ0) is 13.1. The molecular weight excluding hydrogens is 228 g/mol. The van der Waals surface area contributed by atoms with E-state index in [0.717, 1.165) is 19.5 Å². The molecule has 1 amide bonds. The summed E-state index contributed by atoms with van der Waals surface area (Å²) in [5, 5.41) is 10.2. The molecule has 4 heteroatoms. The number of carbonyl (C=O) groups excluding carboxylic acids is 1. The highest BCUT2D eigenvalue weighted by atomic mass is 16.3. The molecule has 0 unspecified atom stereocenters. The van der Waals surface area contributed by atoms with Crippen LogP contribution in [0.3, 0.4) is 0 Å². The maximum Gasteiger partial charge on any atom is 0.239 e. The van der Waals surface area contributed by atoms with E-state index in [2.05, 4.69) is 4.90 Å². The molecule has 1 N–H and O–H groups in total. The lowest BCUT2D eigenvalue weighted by Crippen LogP contribution is -2.56. The van der Waals surface area contributed by atoms with E-state index >= 15 is 0 Å². The molecule has 0 spiro atoms. The van der Waals surface area contributed by atoms with E-state index in [1.54, 1.807) is 4.90 Å². The Balaban J connectivity index is 1.79. The van der Waals surface area contributed by atoms with Gasteiger partial charge in [-0.25, -0.2) is 0 Å². The quantitative estimate of drug-likeness (QED) is 0.817. The second-order valence-corrected chi connectivity index (χ2v) is 5.97. The molecule has 0 radical (unpaired) electrons. The Morgan fingerprint density at radius 3 is 2.67 bits per heavy atom. The molecule has 2 fully saturated rings. The average molecular weight is 254 g/mol. The first kappa shape index (κ1) is 13.8. The van der Waals surface area contributed by atoms with Crippen molar-refractivity contribution in [1.82, 2.24) is 9.80 Å². The number of nitrogens with zero attached hydrogens (tertiary/aromatic N) is 2. The van der Waals surface area contributed by atoms with Gasteiger partial charge < -0.3 is 10.0 Å². The number of amides is 1. The summed E-state index contributed by atoms with van der Waals surface area (Å²) in [4.78, 5) is 15.8. The van der Waals surface area contributed by atoms with Crippen molar-refractivity contribution in [2.75, 3.05) is 26.7 Å². The van der Waals surface area contributed by atoms with Crippen LogP contribution in [-0.4, -0.2) is 59.6 Å². The first-order valence-corrected chi connectivity index (χ1v) is 7.25. The number of carbonyl (C=O) groups is 1. The molecule has 1 saturated heterocycles. The summed E-state index contributed by atoms with van der Waals surface area (Å²) in [6.45, 7) is 4.25. The Kier molecular flexibility index (Phi) is 4.62. The molecule has 104 valence electrons. The highest BCUT2D eigenvalue weighted by molar-refractivity contribution is 5.81. The topological polar surface area (TPSA) is 43.8 Å². The van der Waals surface area contributed by atoms with Crippen molar-refractivity contribution in [2.45, 2.75) is 51.2 Å². The Hall–Kier alpha value is -0.610. The van der Waals surface area contributed by atoms with Crippen LogP contribution in [0.1, 0.15) is 39.0 Å². The van der Waals surface area contributed by atoms with Crippen molar-refractivity contribution in [3.63, 3.8) is 0 Å². The number of rotatable bonds is 4. The molecular formula is C14H26N2O2. The Labute approximate surface area is 110 Å². The van der Waals surface area contributed by atoms with Crippen LogP contribution in [-0.2, 0) is 4.79 Å². The summed E-state index contributed by atoms with van der Waals surface area (Å²) in [6, 6.07) is -0.0815. The zero-order valence-electron chi connectivity index (χ0n) is 11.6. The van der Waals surface area contributed by atoms with E-state index in [1.807, 2.05) is 14.0 Å². The minimum Gasteiger partial charge on any atom is -0.392 e. The number of hydrogen-bond donors (Lipinski definition) is 1. The van der Waals surface area contributed by atoms with Gasteiger partial charge in [-0.05, 0) is 19.3 Å². The van der Waals surface area contributed by atoms with Gasteiger partial charge in [0.2, 0.25) is 5.91 Å². The first-order valence-electron chi connectivity index (χ1n) is 7.25. The molecule has 4 nitrogen and oxygen atoms in total. The standard InChI is InChI=1S/C14H26N2O2/c1-11-14(18)15(2)7-8-16(11)10-13(17)9-12-5-3-4-6-12/h11-13,17H,3-10H2,1-2H3/t11-,13+/m0/s1. The van der Waals surface area contributed by atoms with Crippen LogP contribution in [0, 0.1) is 5.92 Å². The molecule has 2 atom stereocenters. The van der Waals surface area contributed by atoms with Crippen LogP contribution in [0.5, 0.6) is 0 Å². The number of piperazine rings is 1. The third-order valence-corrected chi connectivity index (χ3v) is 4.53. The third kappa shape index (κ3) is 3.23. The highest BCUT2D eigenvalue weighted by Crippen LogP contribution is 2.28. The molecule has 2 rings (SSSR count). The smallest absolute Gasteiger partial charge is 0.239 e. The second kappa shape index (κ2) is 6.02. The lowest BCUT2D eigenvalue weighted by atomic mass is 9.99. The molecule has 0 bridgehead atoms. The van der Waals surface area contributed by atoms with Gasteiger partial charge in [0.15, 0.2) is 0 Å². The number of likely N-dealkylation sites (N-methyl/N-ethyl adjacent to an activating group) is 1. The van der Waals surface area contributed by atoms with Crippen molar-refractivity contribution >= 4 is 5.91 Å². The molecule has 0 aromatic carbocycles. The number of aliphatic hydroxyl groups is 1. The van der Waals surface area contributed by atoms with Gasteiger partial charge in [-0.2, -0.15) is 0 Å². The predicted octanol–water partition coefficient (Wildman–Crippen LogP) is 1.09. The van der Waals surface area contributed by atoms with E-state index in [4.69, 9.17) is 0 Å². The maximum absolute atomic E-state index is 11.9. The van der Waals surface area contributed by atoms with Gasteiger partial charge >= 0.3 is 0 Å². The average Bonchev–Trinajstić information content (AvgIpc) is 2.83. The van der Waals surface area contributed by atoms with E-state index < -0.39 is 0 Å². The SMILES string of the molecule is C[C@H]1C(=O)N(C)CCN1C[C@H](O)CC1CCCC1. The Morgan fingerprint density at radius 2 is 2.00 bits per heavy atom. The largest absolute Gasteiger partial charge is 0.392 e. The minimum atomic E-state index is -0.272. The number of aliphatic hydroxyl groups excluding tert-OH is 1. The number of β-amino-alcohol motifs (C(OH)–C–C–N with tert-alkyl or cyclic N) is 1. The molecule has 1 saturated carbocycles. The summed E-state index contributed by atoms with van der Waals surface area (Å²) in [5.74, 6) is 0.882. The van der Waals surface area contributed by atoms with Gasteiger partial charge in [-0.3, -0.25) is 9.69 Å². The van der Waals surface area contributed by atoms with Crippen molar-refractivity contribution in [3.05, 3.63) is 0 Å². The minimum absolute atomic E-state index is 0.0815. The second-order valence-electron chi connectivity index (χ2n) is 5.97. The third-order valence-electron chi connectivity index (χ3n) is 4.53. The van der Waals surface area contributed by atoms with Crippen molar-refractivity contribution < 1.29 is 9.90 Å². The summed E-state index contributed by atoms with van der Waals surface area (Å²) in [5.41, 5.74) is 0. The lowest BCUT2D eigenvalue weighted by Gasteiger charge is -2.38. The molecule has 0 aromatic heterocycles. The summed E-state index contributed by atoms with van der Waals surface area (Å²) in [6.07, 6.45) is 5.82. The normalized spacial score (nSPS) is 28.9. The van der Waals surface area contributed by atoms with Gasteiger partial charge in [0.1, 0.15) is 0 Å². The fourth-order valence-electron chi connectivity index (χ4n) is 3.28. The Bertz CT molecular complexity index is 290. The Morgan fingerprint density at radius 1 is 1.33 bits per heavy atom. The monoisotopic (exact) mass is 254 g/mol. The number of hydrogen-bond acceptors (Lipinski definition) is 3. The first-order chi connectivity index (χ1) is 8.58. The molecule has 0 aromatic rings. The van der Waals surface area contributed by atoms with Crippen molar-refractivity contribution in [2.24, 2.45) is 5.92 Å². The van der Waals surface area contributed by atoms with E-state index in [1.165, 1.54) is 25.7 Å². The van der Waals surface area contributed by atoms with Crippen LogP contribution in [0.15, 0.2) is 0 Å². The molecule has 1 heterocycles. The van der Waals surface area contributed by atoms with Gasteiger partial charge in [0.25, 0.3) is 0 Å². The van der Waals surface area contributed by atoms with Crippen LogP contribution >= 0.6 is 0 Å². The van der Waals surface area contributed by atoms with E-state index in [9.17, 15) is 9.90 Å². The van der Waals surface area contributed by atoms with Crippen molar-refractivity contribution in [1.29, 1.82) is 0 Å². The van der Waals surface area contributed by atoms with Crippen LogP contribution in [0.2, 0.25) is 0 Å². The van der Waals surface area contributed by atoms with Gasteiger partial charge in [-0.15, -0.1) is 0 Å². The lowest BCUT2D eigenvalue weighted by molar-refractivity contribution is -0.140. The van der Waals surface area contributed by atoms with Gasteiger partial charge in [0, 0.05) is 26.7 Å². The summed E-state index contributed by atoms with van der Waals surface area (Å²) in [7, 11) is 1.85. The molecule has 1 aliphatic heterocycles. The van der Waals surface area contributed by atoms with Crippen LogP contribution < -0.4 is 0 Å². The maximum atomic E-state index is 11.9. The molecule has 18 heavy (non-hydrogen) atoms. The van der Waals surface area contributed by atoms with Gasteiger partial charge in [-0.1, -0.05) is 25.7 Å². The summed E-state index contributed by atoms with van der Waals surface area (Å²) < 4.78 is 0. The predicted molar refractivity (Wildman–Crippen MR) is 71.3 cm³/mol. The fourth-order valence-corrected chi connectivity index (χ4v) is 3.28.